The Labute approximate surface area is 224 Å². The summed E-state index contributed by atoms with van der Waals surface area (Å²) in [7, 11) is 4.45. The third-order valence-electron chi connectivity index (χ3n) is 6.40. The van der Waals surface area contributed by atoms with Crippen molar-refractivity contribution in [3.63, 3.8) is 0 Å². The SMILES string of the molecule is COc1cc(C(=O)N2CCN(Cc3cnn(C)c3)C[C@H]2Cc2ccc(F)c(OC)c2)cc(C(F)(F)F)c1.Cl. The minimum absolute atomic E-state index is 0. The van der Waals surface area contributed by atoms with Gasteiger partial charge >= 0.3 is 6.18 Å². The summed E-state index contributed by atoms with van der Waals surface area (Å²) in [5.41, 5.74) is 0.692. The maximum Gasteiger partial charge on any atom is 0.416 e. The maximum absolute atomic E-state index is 14.0. The molecule has 1 aromatic heterocycles. The van der Waals surface area contributed by atoms with Gasteiger partial charge in [0.15, 0.2) is 11.6 Å². The molecule has 3 aromatic rings. The van der Waals surface area contributed by atoms with Gasteiger partial charge in [-0.05, 0) is 42.3 Å². The molecule has 0 radical (unpaired) electrons. The summed E-state index contributed by atoms with van der Waals surface area (Å²) in [4.78, 5) is 17.3. The summed E-state index contributed by atoms with van der Waals surface area (Å²) in [6.45, 7) is 1.91. The lowest BCUT2D eigenvalue weighted by Gasteiger charge is -2.41. The van der Waals surface area contributed by atoms with Crippen LogP contribution in [-0.4, -0.2) is 65.4 Å². The molecule has 4 rings (SSSR count). The van der Waals surface area contributed by atoms with Crippen molar-refractivity contribution in [3.8, 4) is 11.5 Å². The van der Waals surface area contributed by atoms with Crippen LogP contribution in [0.2, 0.25) is 0 Å². The molecule has 1 fully saturated rings. The van der Waals surface area contributed by atoms with E-state index >= 15 is 0 Å². The van der Waals surface area contributed by atoms with Gasteiger partial charge in [-0.25, -0.2) is 4.39 Å². The van der Waals surface area contributed by atoms with E-state index in [1.54, 1.807) is 27.9 Å². The van der Waals surface area contributed by atoms with Crippen LogP contribution in [0, 0.1) is 5.82 Å². The predicted molar refractivity (Wildman–Crippen MR) is 135 cm³/mol. The molecule has 2 heterocycles. The Morgan fingerprint density at radius 1 is 1.08 bits per heavy atom. The number of methoxy groups -OCH3 is 2. The average molecular weight is 557 g/mol. The first kappa shape index (κ1) is 29.2. The number of piperazine rings is 1. The summed E-state index contributed by atoms with van der Waals surface area (Å²) >= 11 is 0. The number of alkyl halides is 3. The number of amides is 1. The van der Waals surface area contributed by atoms with Gasteiger partial charge in [-0.3, -0.25) is 14.4 Å². The van der Waals surface area contributed by atoms with Crippen molar-refractivity contribution < 1.29 is 31.8 Å². The Morgan fingerprint density at radius 3 is 2.47 bits per heavy atom. The monoisotopic (exact) mass is 556 g/mol. The molecule has 0 bridgehead atoms. The van der Waals surface area contributed by atoms with Crippen LogP contribution in [0.4, 0.5) is 17.6 Å². The van der Waals surface area contributed by atoms with Crippen LogP contribution in [-0.2, 0) is 26.2 Å². The van der Waals surface area contributed by atoms with Crippen molar-refractivity contribution in [2.45, 2.75) is 25.2 Å². The Kier molecular flexibility index (Phi) is 9.26. The number of ether oxygens (including phenoxy) is 2. The summed E-state index contributed by atoms with van der Waals surface area (Å²) < 4.78 is 66.3. The number of carbonyl (C=O) groups excluding carboxylic acids is 1. The second-order valence-electron chi connectivity index (χ2n) is 9.03. The van der Waals surface area contributed by atoms with Crippen LogP contribution in [0.1, 0.15) is 27.0 Å². The molecular weight excluding hydrogens is 528 g/mol. The fraction of sp³-hybridized carbons (Fsp3) is 0.385. The molecule has 1 atom stereocenters. The normalized spacial score (nSPS) is 16.2. The predicted octanol–water partition coefficient (Wildman–Crippen LogP) is 4.59. The van der Waals surface area contributed by atoms with Gasteiger partial charge in [-0.2, -0.15) is 18.3 Å². The van der Waals surface area contributed by atoms with Gasteiger partial charge in [-0.1, -0.05) is 6.07 Å². The van der Waals surface area contributed by atoms with Crippen LogP contribution >= 0.6 is 12.4 Å². The van der Waals surface area contributed by atoms with E-state index in [1.165, 1.54) is 26.4 Å². The Morgan fingerprint density at radius 2 is 1.84 bits per heavy atom. The number of aromatic nitrogens is 2. The second kappa shape index (κ2) is 12.0. The van der Waals surface area contributed by atoms with Crippen LogP contribution in [0.25, 0.3) is 0 Å². The molecule has 206 valence electrons. The number of hydrogen-bond donors (Lipinski definition) is 0. The van der Waals surface area contributed by atoms with E-state index in [4.69, 9.17) is 9.47 Å². The number of aryl methyl sites for hydroxylation is 1. The maximum atomic E-state index is 14.0. The van der Waals surface area contributed by atoms with Gasteiger partial charge in [-0.15, -0.1) is 12.4 Å². The zero-order chi connectivity index (χ0) is 26.7. The smallest absolute Gasteiger partial charge is 0.416 e. The van der Waals surface area contributed by atoms with Crippen molar-refractivity contribution in [1.82, 2.24) is 19.6 Å². The molecule has 7 nitrogen and oxygen atoms in total. The van der Waals surface area contributed by atoms with Crippen molar-refractivity contribution in [2.24, 2.45) is 7.05 Å². The van der Waals surface area contributed by atoms with Crippen molar-refractivity contribution in [2.75, 3.05) is 33.9 Å². The quantitative estimate of drug-likeness (QED) is 0.399. The van der Waals surface area contributed by atoms with Gasteiger partial charge < -0.3 is 14.4 Å². The molecular formula is C26H29ClF4N4O3. The number of halogens is 5. The molecule has 1 amide bonds. The first-order valence-electron chi connectivity index (χ1n) is 11.7. The zero-order valence-electron chi connectivity index (χ0n) is 21.2. The number of benzene rings is 2. The largest absolute Gasteiger partial charge is 0.497 e. The van der Waals surface area contributed by atoms with Crippen molar-refractivity contribution in [3.05, 3.63) is 76.9 Å². The van der Waals surface area contributed by atoms with Crippen LogP contribution in [0.5, 0.6) is 11.5 Å². The average Bonchev–Trinajstić information content (AvgIpc) is 3.28. The summed E-state index contributed by atoms with van der Waals surface area (Å²) in [5.74, 6) is -0.990. The Balaban J connectivity index is 0.00000400. The lowest BCUT2D eigenvalue weighted by atomic mass is 9.99. The van der Waals surface area contributed by atoms with Crippen molar-refractivity contribution >= 4 is 18.3 Å². The number of nitrogens with zero attached hydrogens (tertiary/aromatic N) is 4. The lowest BCUT2D eigenvalue weighted by Crippen LogP contribution is -2.55. The van der Waals surface area contributed by atoms with Crippen LogP contribution in [0.15, 0.2) is 48.8 Å². The molecule has 1 saturated heterocycles. The fourth-order valence-corrected chi connectivity index (χ4v) is 4.59. The van der Waals surface area contributed by atoms with Crippen LogP contribution in [0.3, 0.4) is 0 Å². The standard InChI is InChI=1S/C26H28F4N4O3.ClH/c1-32-14-18(13-31-32)15-33-6-7-34(21(16-33)8-17-4-5-23(27)24(9-17)37-3)25(35)19-10-20(26(28,29)30)12-22(11-19)36-2;/h4-5,9-14,21H,6-8,15-16H2,1-3H3;1H/t21-;/m1./s1. The van der Waals surface area contributed by atoms with Gasteiger partial charge in [0.05, 0.1) is 26.0 Å². The topological polar surface area (TPSA) is 59.8 Å². The van der Waals surface area contributed by atoms with E-state index in [-0.39, 0.29) is 35.5 Å². The molecule has 2 aromatic carbocycles. The lowest BCUT2D eigenvalue weighted by molar-refractivity contribution is -0.137. The summed E-state index contributed by atoms with van der Waals surface area (Å²) in [6, 6.07) is 7.15. The Bertz CT molecular complexity index is 1270. The fourth-order valence-electron chi connectivity index (χ4n) is 4.59. The van der Waals surface area contributed by atoms with E-state index in [9.17, 15) is 22.4 Å². The first-order valence-corrected chi connectivity index (χ1v) is 11.7. The summed E-state index contributed by atoms with van der Waals surface area (Å²) in [5, 5.41) is 4.20. The first-order chi connectivity index (χ1) is 17.6. The van der Waals surface area contributed by atoms with E-state index in [1.807, 2.05) is 13.2 Å². The van der Waals surface area contributed by atoms with Crippen molar-refractivity contribution in [1.29, 1.82) is 0 Å². The number of carbonyl (C=O) groups is 1. The van der Waals surface area contributed by atoms with E-state index in [0.29, 0.717) is 32.6 Å². The van der Waals surface area contributed by atoms with Gasteiger partial charge in [0, 0.05) is 56.6 Å². The van der Waals surface area contributed by atoms with E-state index < -0.39 is 23.5 Å². The Hall–Kier alpha value is -3.31. The highest BCUT2D eigenvalue weighted by Crippen LogP contribution is 2.33. The molecule has 0 N–H and O–H groups in total. The molecule has 1 aliphatic heterocycles. The second-order valence-corrected chi connectivity index (χ2v) is 9.03. The molecule has 0 aliphatic carbocycles. The minimum Gasteiger partial charge on any atom is -0.497 e. The molecule has 0 spiro atoms. The number of hydrogen-bond acceptors (Lipinski definition) is 5. The summed E-state index contributed by atoms with van der Waals surface area (Å²) in [6.07, 6.45) is -0.587. The zero-order valence-corrected chi connectivity index (χ0v) is 22.0. The van der Waals surface area contributed by atoms with Gasteiger partial charge in [0.1, 0.15) is 5.75 Å². The minimum atomic E-state index is -4.63. The third kappa shape index (κ3) is 6.76. The molecule has 0 unspecified atom stereocenters. The van der Waals surface area contributed by atoms with E-state index in [0.717, 1.165) is 23.3 Å². The highest BCUT2D eigenvalue weighted by Gasteiger charge is 2.35. The molecule has 1 aliphatic rings. The number of rotatable bonds is 7. The highest BCUT2D eigenvalue weighted by atomic mass is 35.5. The van der Waals surface area contributed by atoms with Crippen LogP contribution < -0.4 is 9.47 Å². The van der Waals surface area contributed by atoms with Gasteiger partial charge in [0.25, 0.3) is 5.91 Å². The molecule has 38 heavy (non-hydrogen) atoms. The molecule has 12 heteroatoms. The van der Waals surface area contributed by atoms with Gasteiger partial charge in [0.2, 0.25) is 0 Å². The highest BCUT2D eigenvalue weighted by molar-refractivity contribution is 5.95. The molecule has 0 saturated carbocycles. The third-order valence-corrected chi connectivity index (χ3v) is 6.40. The van der Waals surface area contributed by atoms with E-state index in [2.05, 4.69) is 10.00 Å².